The Balaban J connectivity index is 2.28. The first-order chi connectivity index (χ1) is 6.72. The molecule has 0 amide bonds. The molecule has 78 valence electrons. The van der Waals surface area contributed by atoms with Crippen molar-refractivity contribution in [2.24, 2.45) is 0 Å². The smallest absolute Gasteiger partial charge is 0.0662 e. The van der Waals surface area contributed by atoms with Crippen molar-refractivity contribution in [3.8, 4) is 0 Å². The summed E-state index contributed by atoms with van der Waals surface area (Å²) in [6.45, 7) is 3.48. The Hall–Kier alpha value is -0.130. The highest BCUT2D eigenvalue weighted by Gasteiger charge is 1.99. The zero-order chi connectivity index (χ0) is 10.4. The summed E-state index contributed by atoms with van der Waals surface area (Å²) in [5.41, 5.74) is 1.26. The van der Waals surface area contributed by atoms with E-state index < -0.39 is 0 Å². The average molecular weight is 305 g/mol. The Morgan fingerprint density at radius 1 is 1.36 bits per heavy atom. The first-order valence-corrected chi connectivity index (χ1v) is 5.93. The fourth-order valence-electron chi connectivity index (χ4n) is 1.13. The monoisotopic (exact) mass is 305 g/mol. The van der Waals surface area contributed by atoms with Crippen molar-refractivity contribution < 1.29 is 5.11 Å². The predicted octanol–water partition coefficient (Wildman–Crippen LogP) is 2.15. The van der Waals surface area contributed by atoms with Gasteiger partial charge in [-0.1, -0.05) is 19.1 Å². The number of hydrogen-bond acceptors (Lipinski definition) is 2. The van der Waals surface area contributed by atoms with Crippen LogP contribution in [0, 0.1) is 3.57 Å². The molecule has 14 heavy (non-hydrogen) atoms. The lowest BCUT2D eigenvalue weighted by atomic mass is 10.2. The van der Waals surface area contributed by atoms with E-state index in [0.717, 1.165) is 13.0 Å². The molecule has 1 aromatic carbocycles. The van der Waals surface area contributed by atoms with Gasteiger partial charge in [0.2, 0.25) is 0 Å². The zero-order valence-corrected chi connectivity index (χ0v) is 10.5. The maximum atomic E-state index is 9.32. The van der Waals surface area contributed by atoms with Crippen molar-refractivity contribution in [3.05, 3.63) is 33.4 Å². The Morgan fingerprint density at radius 2 is 2.00 bits per heavy atom. The number of rotatable bonds is 5. The maximum Gasteiger partial charge on any atom is 0.0662 e. The van der Waals surface area contributed by atoms with Crippen molar-refractivity contribution in [1.29, 1.82) is 0 Å². The van der Waals surface area contributed by atoms with E-state index >= 15 is 0 Å². The second-order valence-electron chi connectivity index (χ2n) is 3.32. The van der Waals surface area contributed by atoms with Crippen LogP contribution in [-0.4, -0.2) is 17.8 Å². The zero-order valence-electron chi connectivity index (χ0n) is 8.33. The molecular weight excluding hydrogens is 289 g/mol. The predicted molar refractivity (Wildman–Crippen MR) is 67.2 cm³/mol. The summed E-state index contributed by atoms with van der Waals surface area (Å²) >= 11 is 2.29. The molecule has 0 aliphatic rings. The van der Waals surface area contributed by atoms with Crippen LogP contribution >= 0.6 is 22.6 Å². The summed E-state index contributed by atoms with van der Waals surface area (Å²) in [6.07, 6.45) is 0.582. The van der Waals surface area contributed by atoms with Crippen molar-refractivity contribution in [2.75, 3.05) is 6.54 Å². The van der Waals surface area contributed by atoms with Crippen molar-refractivity contribution in [2.45, 2.75) is 26.0 Å². The molecule has 0 bridgehead atoms. The molecule has 0 aliphatic heterocycles. The largest absolute Gasteiger partial charge is 0.392 e. The van der Waals surface area contributed by atoms with Crippen LogP contribution in [0.2, 0.25) is 0 Å². The third kappa shape index (κ3) is 4.39. The normalized spacial score (nSPS) is 12.8. The van der Waals surface area contributed by atoms with E-state index in [0.29, 0.717) is 6.54 Å². The lowest BCUT2D eigenvalue weighted by Crippen LogP contribution is -2.25. The van der Waals surface area contributed by atoms with Gasteiger partial charge in [-0.25, -0.2) is 0 Å². The van der Waals surface area contributed by atoms with E-state index in [-0.39, 0.29) is 6.10 Å². The molecule has 0 aliphatic carbocycles. The minimum Gasteiger partial charge on any atom is -0.392 e. The fraction of sp³-hybridized carbons (Fsp3) is 0.455. The topological polar surface area (TPSA) is 32.3 Å². The number of aliphatic hydroxyl groups excluding tert-OH is 1. The van der Waals surface area contributed by atoms with Crippen LogP contribution in [0.3, 0.4) is 0 Å². The first kappa shape index (κ1) is 11.9. The van der Waals surface area contributed by atoms with E-state index in [1.54, 1.807) is 0 Å². The maximum absolute atomic E-state index is 9.32. The van der Waals surface area contributed by atoms with E-state index in [1.165, 1.54) is 9.13 Å². The van der Waals surface area contributed by atoms with Gasteiger partial charge in [-0.15, -0.1) is 0 Å². The van der Waals surface area contributed by atoms with Gasteiger partial charge in [-0.2, -0.15) is 0 Å². The third-order valence-electron chi connectivity index (χ3n) is 2.09. The summed E-state index contributed by atoms with van der Waals surface area (Å²) in [7, 11) is 0. The molecule has 0 heterocycles. The number of halogens is 1. The van der Waals surface area contributed by atoms with Gasteiger partial charge in [0, 0.05) is 16.7 Å². The van der Waals surface area contributed by atoms with Gasteiger partial charge < -0.3 is 10.4 Å². The highest BCUT2D eigenvalue weighted by Crippen LogP contribution is 2.06. The molecule has 1 aromatic rings. The third-order valence-corrected chi connectivity index (χ3v) is 2.81. The minimum atomic E-state index is -0.223. The minimum absolute atomic E-state index is 0.223. The van der Waals surface area contributed by atoms with Crippen LogP contribution in [0.15, 0.2) is 24.3 Å². The van der Waals surface area contributed by atoms with E-state index in [9.17, 15) is 5.11 Å². The van der Waals surface area contributed by atoms with E-state index in [4.69, 9.17) is 0 Å². The first-order valence-electron chi connectivity index (χ1n) is 4.85. The van der Waals surface area contributed by atoms with Crippen molar-refractivity contribution in [3.63, 3.8) is 0 Å². The second kappa shape index (κ2) is 6.37. The molecule has 0 aromatic heterocycles. The quantitative estimate of drug-likeness (QED) is 0.817. The average Bonchev–Trinajstić information content (AvgIpc) is 2.21. The van der Waals surface area contributed by atoms with Crippen LogP contribution in [0.1, 0.15) is 18.9 Å². The summed E-state index contributed by atoms with van der Waals surface area (Å²) in [5, 5.41) is 12.5. The van der Waals surface area contributed by atoms with Gasteiger partial charge in [-0.3, -0.25) is 0 Å². The lowest BCUT2D eigenvalue weighted by Gasteiger charge is -2.09. The van der Waals surface area contributed by atoms with Gasteiger partial charge in [0.1, 0.15) is 0 Å². The number of nitrogens with one attached hydrogen (secondary N) is 1. The Labute approximate surface area is 98.9 Å². The molecule has 0 saturated heterocycles. The summed E-state index contributed by atoms with van der Waals surface area (Å²) in [5.74, 6) is 0. The SMILES string of the molecule is CCC(O)CNCc1ccc(I)cc1. The molecular formula is C11H16INO. The molecule has 1 rings (SSSR count). The van der Waals surface area contributed by atoms with E-state index in [1.807, 2.05) is 6.92 Å². The molecule has 3 heteroatoms. The van der Waals surface area contributed by atoms with Gasteiger partial charge in [0.05, 0.1) is 6.10 Å². The van der Waals surface area contributed by atoms with Crippen LogP contribution in [0.5, 0.6) is 0 Å². The molecule has 0 saturated carbocycles. The highest BCUT2D eigenvalue weighted by atomic mass is 127. The standard InChI is InChI=1S/C11H16INO/c1-2-11(14)8-13-7-9-3-5-10(12)6-4-9/h3-6,11,13-14H,2,7-8H2,1H3. The fourth-order valence-corrected chi connectivity index (χ4v) is 1.49. The molecule has 0 fully saturated rings. The summed E-state index contributed by atoms with van der Waals surface area (Å²) < 4.78 is 1.25. The number of hydrogen-bond donors (Lipinski definition) is 2. The van der Waals surface area contributed by atoms with Crippen molar-refractivity contribution in [1.82, 2.24) is 5.32 Å². The van der Waals surface area contributed by atoms with Crippen LogP contribution < -0.4 is 5.32 Å². The molecule has 0 radical (unpaired) electrons. The highest BCUT2D eigenvalue weighted by molar-refractivity contribution is 14.1. The molecule has 0 spiro atoms. The number of aliphatic hydroxyl groups is 1. The van der Waals surface area contributed by atoms with Gasteiger partial charge in [0.25, 0.3) is 0 Å². The molecule has 2 N–H and O–H groups in total. The Kier molecular flexibility index (Phi) is 5.44. The van der Waals surface area contributed by atoms with Gasteiger partial charge in [0.15, 0.2) is 0 Å². The van der Waals surface area contributed by atoms with Crippen molar-refractivity contribution >= 4 is 22.6 Å². The molecule has 1 atom stereocenters. The van der Waals surface area contributed by atoms with Gasteiger partial charge >= 0.3 is 0 Å². The molecule has 2 nitrogen and oxygen atoms in total. The number of benzene rings is 1. The van der Waals surface area contributed by atoms with E-state index in [2.05, 4.69) is 52.2 Å². The second-order valence-corrected chi connectivity index (χ2v) is 4.57. The summed E-state index contributed by atoms with van der Waals surface area (Å²) in [6, 6.07) is 8.39. The van der Waals surface area contributed by atoms with Crippen LogP contribution in [0.25, 0.3) is 0 Å². The Bertz CT molecular complexity index is 260. The molecule has 1 unspecified atom stereocenters. The van der Waals surface area contributed by atoms with Gasteiger partial charge in [-0.05, 0) is 46.7 Å². The summed E-state index contributed by atoms with van der Waals surface area (Å²) in [4.78, 5) is 0. The van der Waals surface area contributed by atoms with Crippen LogP contribution in [-0.2, 0) is 6.54 Å². The van der Waals surface area contributed by atoms with Crippen LogP contribution in [0.4, 0.5) is 0 Å². The lowest BCUT2D eigenvalue weighted by molar-refractivity contribution is 0.167. The Morgan fingerprint density at radius 3 is 2.57 bits per heavy atom.